The fourth-order valence-corrected chi connectivity index (χ4v) is 2.37. The van der Waals surface area contributed by atoms with Crippen LogP contribution < -0.4 is 0 Å². The van der Waals surface area contributed by atoms with Crippen LogP contribution in [0.25, 0.3) is 0 Å². The molecule has 0 radical (unpaired) electrons. The maximum absolute atomic E-state index is 11.8. The van der Waals surface area contributed by atoms with E-state index in [9.17, 15) is 4.79 Å². The highest BCUT2D eigenvalue weighted by Crippen LogP contribution is 2.27. The van der Waals surface area contributed by atoms with Crippen LogP contribution in [0, 0.1) is 17.2 Å². The van der Waals surface area contributed by atoms with E-state index in [1.807, 2.05) is 20.2 Å². The highest BCUT2D eigenvalue weighted by Gasteiger charge is 2.16. The summed E-state index contributed by atoms with van der Waals surface area (Å²) in [5.74, 6) is 0.693. The number of ketones is 1. The van der Waals surface area contributed by atoms with Crippen LogP contribution in [0.2, 0.25) is 0 Å². The molecule has 0 heterocycles. The Morgan fingerprint density at radius 3 is 2.53 bits per heavy atom. The van der Waals surface area contributed by atoms with Crippen molar-refractivity contribution >= 4 is 5.78 Å². The summed E-state index contributed by atoms with van der Waals surface area (Å²) in [6.07, 6.45) is 9.55. The Kier molecular flexibility index (Phi) is 5.76. The van der Waals surface area contributed by atoms with Crippen molar-refractivity contribution < 1.29 is 4.79 Å². The molecule has 1 saturated carbocycles. The van der Waals surface area contributed by atoms with Crippen molar-refractivity contribution in [2.75, 3.05) is 14.1 Å². The summed E-state index contributed by atoms with van der Waals surface area (Å²) in [5.41, 5.74) is 0.283. The average Bonchev–Trinajstić information content (AvgIpc) is 2.34. The monoisotopic (exact) mass is 234 g/mol. The molecule has 1 aliphatic rings. The fourth-order valence-electron chi connectivity index (χ4n) is 2.37. The van der Waals surface area contributed by atoms with Gasteiger partial charge in [0.2, 0.25) is 0 Å². The van der Waals surface area contributed by atoms with Crippen LogP contribution in [0.1, 0.15) is 44.9 Å². The standard InChI is InChI=1S/C14H22N2O/c1-16(2)11-13(10-15)14(17)9-8-12-6-4-3-5-7-12/h11-12H,3-9H2,1-2H3/b13-11+. The summed E-state index contributed by atoms with van der Waals surface area (Å²) < 4.78 is 0. The molecular weight excluding hydrogens is 212 g/mol. The zero-order valence-electron chi connectivity index (χ0n) is 10.9. The number of carbonyl (C=O) groups is 1. The lowest BCUT2D eigenvalue weighted by Gasteiger charge is -2.20. The van der Waals surface area contributed by atoms with Crippen molar-refractivity contribution in [1.29, 1.82) is 5.26 Å². The van der Waals surface area contributed by atoms with Crippen molar-refractivity contribution in [3.05, 3.63) is 11.8 Å². The molecule has 0 aromatic heterocycles. The smallest absolute Gasteiger partial charge is 0.174 e. The van der Waals surface area contributed by atoms with E-state index in [-0.39, 0.29) is 11.4 Å². The van der Waals surface area contributed by atoms with E-state index in [4.69, 9.17) is 5.26 Å². The van der Waals surface area contributed by atoms with Crippen molar-refractivity contribution in [2.45, 2.75) is 44.9 Å². The molecule has 0 unspecified atom stereocenters. The van der Waals surface area contributed by atoms with Crippen LogP contribution in [0.15, 0.2) is 11.8 Å². The molecule has 94 valence electrons. The fraction of sp³-hybridized carbons (Fsp3) is 0.714. The maximum atomic E-state index is 11.8. The van der Waals surface area contributed by atoms with Crippen LogP contribution in [-0.4, -0.2) is 24.8 Å². The van der Waals surface area contributed by atoms with Crippen molar-refractivity contribution in [2.24, 2.45) is 5.92 Å². The zero-order chi connectivity index (χ0) is 12.7. The van der Waals surface area contributed by atoms with Crippen LogP contribution in [0.3, 0.4) is 0 Å². The number of carbonyl (C=O) groups excluding carboxylic acids is 1. The molecule has 3 nitrogen and oxygen atoms in total. The molecular formula is C14H22N2O. The van der Waals surface area contributed by atoms with E-state index in [2.05, 4.69) is 0 Å². The number of nitriles is 1. The molecule has 17 heavy (non-hydrogen) atoms. The number of hydrogen-bond donors (Lipinski definition) is 0. The Morgan fingerprint density at radius 1 is 1.35 bits per heavy atom. The summed E-state index contributed by atoms with van der Waals surface area (Å²) in [7, 11) is 3.65. The van der Waals surface area contributed by atoms with E-state index in [0.717, 1.165) is 6.42 Å². The Labute approximate surface area is 104 Å². The van der Waals surface area contributed by atoms with Gasteiger partial charge >= 0.3 is 0 Å². The third kappa shape index (κ3) is 5.04. The molecule has 0 atom stereocenters. The van der Waals surface area contributed by atoms with Gasteiger partial charge in [0, 0.05) is 26.7 Å². The van der Waals surface area contributed by atoms with Gasteiger partial charge in [-0.15, -0.1) is 0 Å². The lowest BCUT2D eigenvalue weighted by Crippen LogP contribution is -2.12. The van der Waals surface area contributed by atoms with Gasteiger partial charge in [0.15, 0.2) is 5.78 Å². The zero-order valence-corrected chi connectivity index (χ0v) is 10.9. The van der Waals surface area contributed by atoms with E-state index >= 15 is 0 Å². The highest BCUT2D eigenvalue weighted by molar-refractivity contribution is 5.98. The Balaban J connectivity index is 2.40. The Hall–Kier alpha value is -1.30. The SMILES string of the molecule is CN(C)/C=C(\C#N)C(=O)CCC1CCCCC1. The lowest BCUT2D eigenvalue weighted by molar-refractivity contribution is -0.115. The largest absolute Gasteiger partial charge is 0.382 e. The molecule has 0 spiro atoms. The van der Waals surface area contributed by atoms with Gasteiger partial charge in [0.1, 0.15) is 11.6 Å². The molecule has 1 fully saturated rings. The summed E-state index contributed by atoms with van der Waals surface area (Å²) in [5, 5.41) is 8.92. The Morgan fingerprint density at radius 2 is 2.00 bits per heavy atom. The predicted octanol–water partition coefficient (Wildman–Crippen LogP) is 2.89. The molecule has 3 heteroatoms. The molecule has 0 aromatic carbocycles. The van der Waals surface area contributed by atoms with E-state index in [0.29, 0.717) is 12.3 Å². The van der Waals surface area contributed by atoms with Gasteiger partial charge < -0.3 is 4.90 Å². The number of hydrogen-bond acceptors (Lipinski definition) is 3. The first-order chi connectivity index (χ1) is 8.13. The van der Waals surface area contributed by atoms with Gasteiger partial charge in [-0.3, -0.25) is 4.79 Å². The summed E-state index contributed by atoms with van der Waals surface area (Å²) in [4.78, 5) is 13.6. The second kappa shape index (κ2) is 7.11. The summed E-state index contributed by atoms with van der Waals surface area (Å²) in [6, 6.07) is 1.99. The number of rotatable bonds is 5. The lowest BCUT2D eigenvalue weighted by atomic mass is 9.85. The average molecular weight is 234 g/mol. The molecule has 1 aliphatic carbocycles. The summed E-state index contributed by atoms with van der Waals surface area (Å²) in [6.45, 7) is 0. The van der Waals surface area contributed by atoms with Crippen molar-refractivity contribution in [3.8, 4) is 6.07 Å². The van der Waals surface area contributed by atoms with E-state index < -0.39 is 0 Å². The second-order valence-corrected chi connectivity index (χ2v) is 5.08. The second-order valence-electron chi connectivity index (χ2n) is 5.08. The molecule has 0 saturated heterocycles. The first-order valence-electron chi connectivity index (χ1n) is 6.45. The van der Waals surface area contributed by atoms with Gasteiger partial charge in [-0.1, -0.05) is 32.1 Å². The molecule has 0 bridgehead atoms. The first-order valence-corrected chi connectivity index (χ1v) is 6.45. The molecule has 1 rings (SSSR count). The van der Waals surface area contributed by atoms with Crippen LogP contribution in [-0.2, 0) is 4.79 Å². The van der Waals surface area contributed by atoms with Crippen LogP contribution in [0.4, 0.5) is 0 Å². The minimum atomic E-state index is -0.00762. The molecule has 0 aliphatic heterocycles. The van der Waals surface area contributed by atoms with Gasteiger partial charge in [0.05, 0.1) is 0 Å². The molecule has 0 aromatic rings. The van der Waals surface area contributed by atoms with Gasteiger partial charge in [-0.25, -0.2) is 0 Å². The van der Waals surface area contributed by atoms with E-state index in [1.54, 1.807) is 11.1 Å². The first kappa shape index (κ1) is 13.8. The van der Waals surface area contributed by atoms with Gasteiger partial charge in [-0.05, 0) is 12.3 Å². The molecule has 0 amide bonds. The van der Waals surface area contributed by atoms with Gasteiger partial charge in [-0.2, -0.15) is 5.26 Å². The summed E-state index contributed by atoms with van der Waals surface area (Å²) >= 11 is 0. The highest BCUT2D eigenvalue weighted by atomic mass is 16.1. The Bertz CT molecular complexity index is 320. The third-order valence-corrected chi connectivity index (χ3v) is 3.31. The van der Waals surface area contributed by atoms with Gasteiger partial charge in [0.25, 0.3) is 0 Å². The van der Waals surface area contributed by atoms with E-state index in [1.165, 1.54) is 32.1 Å². The van der Waals surface area contributed by atoms with Crippen LogP contribution >= 0.6 is 0 Å². The normalized spacial score (nSPS) is 17.6. The van der Waals surface area contributed by atoms with Crippen molar-refractivity contribution in [3.63, 3.8) is 0 Å². The minimum absolute atomic E-state index is 0.00762. The quantitative estimate of drug-likeness (QED) is 0.542. The minimum Gasteiger partial charge on any atom is -0.382 e. The predicted molar refractivity (Wildman–Crippen MR) is 68.2 cm³/mol. The molecule has 0 N–H and O–H groups in total. The number of nitrogens with zero attached hydrogens (tertiary/aromatic N) is 2. The van der Waals surface area contributed by atoms with Crippen molar-refractivity contribution in [1.82, 2.24) is 4.90 Å². The topological polar surface area (TPSA) is 44.1 Å². The maximum Gasteiger partial charge on any atom is 0.174 e. The number of Topliss-reactive ketones (excluding diaryl/α,β-unsaturated/α-hetero) is 1. The number of allylic oxidation sites excluding steroid dienone is 1. The third-order valence-electron chi connectivity index (χ3n) is 3.31. The van der Waals surface area contributed by atoms with Crippen LogP contribution in [0.5, 0.6) is 0 Å².